The fourth-order valence-electron chi connectivity index (χ4n) is 0.918. The molecule has 0 aliphatic heterocycles. The molecule has 0 aliphatic carbocycles. The molecule has 0 unspecified atom stereocenters. The predicted octanol–water partition coefficient (Wildman–Crippen LogP) is 3.13. The summed E-state index contributed by atoms with van der Waals surface area (Å²) in [6.45, 7) is 3.85. The van der Waals surface area contributed by atoms with Crippen LogP contribution in [-0.4, -0.2) is 5.78 Å². The van der Waals surface area contributed by atoms with Gasteiger partial charge in [0.1, 0.15) is 0 Å². The third kappa shape index (κ3) is 2.31. The number of carbonyl (C=O) groups excluding carboxylic acids is 1. The number of hydrogen-bond donors (Lipinski definition) is 0. The lowest BCUT2D eigenvalue weighted by molar-refractivity contribution is -0.114. The summed E-state index contributed by atoms with van der Waals surface area (Å²) in [7, 11) is 0. The third-order valence-corrected chi connectivity index (χ3v) is 2.64. The molecule has 1 heterocycles. The first-order valence-electron chi connectivity index (χ1n) is 3.99. The minimum Gasteiger partial charge on any atom is -0.295 e. The van der Waals surface area contributed by atoms with Crippen LogP contribution in [0.25, 0.3) is 5.57 Å². The zero-order valence-electron chi connectivity index (χ0n) is 7.33. The first kappa shape index (κ1) is 9.20. The van der Waals surface area contributed by atoms with Crippen LogP contribution in [0.4, 0.5) is 0 Å². The first-order valence-corrected chi connectivity index (χ1v) is 4.87. The van der Waals surface area contributed by atoms with E-state index in [-0.39, 0.29) is 5.78 Å². The predicted molar refractivity (Wildman–Crippen MR) is 53.3 cm³/mol. The van der Waals surface area contributed by atoms with Crippen molar-refractivity contribution in [1.82, 2.24) is 0 Å². The molecule has 2 heteroatoms. The lowest BCUT2D eigenvalue weighted by Crippen LogP contribution is -1.88. The highest BCUT2D eigenvalue weighted by atomic mass is 32.1. The number of rotatable bonds is 3. The van der Waals surface area contributed by atoms with Crippen LogP contribution in [-0.2, 0) is 4.79 Å². The molecule has 1 aromatic rings. The van der Waals surface area contributed by atoms with Crippen molar-refractivity contribution in [3.63, 3.8) is 0 Å². The van der Waals surface area contributed by atoms with E-state index in [1.165, 1.54) is 4.88 Å². The maximum Gasteiger partial charge on any atom is 0.155 e. The van der Waals surface area contributed by atoms with Gasteiger partial charge < -0.3 is 0 Å². The van der Waals surface area contributed by atoms with Gasteiger partial charge >= 0.3 is 0 Å². The van der Waals surface area contributed by atoms with Gasteiger partial charge in [0.15, 0.2) is 5.78 Å². The summed E-state index contributed by atoms with van der Waals surface area (Å²) in [5, 5.41) is 2.02. The van der Waals surface area contributed by atoms with Gasteiger partial charge in [0.05, 0.1) is 0 Å². The number of allylic oxidation sites excluding steroid dienone is 2. The molecule has 0 bridgehead atoms. The van der Waals surface area contributed by atoms with Gasteiger partial charge in [-0.2, -0.15) is 0 Å². The maximum absolute atomic E-state index is 11.0. The van der Waals surface area contributed by atoms with Crippen molar-refractivity contribution in [3.8, 4) is 0 Å². The van der Waals surface area contributed by atoms with E-state index in [1.54, 1.807) is 17.4 Å². The summed E-state index contributed by atoms with van der Waals surface area (Å²) in [6.07, 6.45) is 2.30. The minimum atomic E-state index is 0.195. The van der Waals surface area contributed by atoms with Crippen molar-refractivity contribution in [2.75, 3.05) is 0 Å². The van der Waals surface area contributed by atoms with Crippen LogP contribution in [0.1, 0.15) is 25.1 Å². The second-order valence-corrected chi connectivity index (χ2v) is 3.57. The van der Waals surface area contributed by atoms with Crippen LogP contribution >= 0.6 is 11.3 Å². The van der Waals surface area contributed by atoms with Crippen LogP contribution < -0.4 is 0 Å². The molecule has 1 aromatic heterocycles. The Kier molecular flexibility index (Phi) is 3.23. The molecule has 0 radical (unpaired) electrons. The molecular weight excluding hydrogens is 168 g/mol. The molecule has 0 aromatic carbocycles. The fraction of sp³-hybridized carbons (Fsp3) is 0.300. The van der Waals surface area contributed by atoms with Gasteiger partial charge in [-0.15, -0.1) is 11.3 Å². The molecular formula is C10H12OS. The number of carbonyl (C=O) groups is 1. The first-order chi connectivity index (χ1) is 5.74. The van der Waals surface area contributed by atoms with E-state index >= 15 is 0 Å². The highest BCUT2D eigenvalue weighted by molar-refractivity contribution is 7.11. The number of ketones is 1. The Labute approximate surface area is 76.7 Å². The van der Waals surface area contributed by atoms with Crippen LogP contribution in [0.5, 0.6) is 0 Å². The van der Waals surface area contributed by atoms with Crippen molar-refractivity contribution in [2.45, 2.75) is 20.3 Å². The van der Waals surface area contributed by atoms with E-state index in [0.29, 0.717) is 6.42 Å². The summed E-state index contributed by atoms with van der Waals surface area (Å²) < 4.78 is 0. The van der Waals surface area contributed by atoms with Crippen LogP contribution in [0, 0.1) is 0 Å². The fourth-order valence-corrected chi connectivity index (χ4v) is 1.62. The Morgan fingerprint density at radius 2 is 2.42 bits per heavy atom. The Hall–Kier alpha value is -0.890. The lowest BCUT2D eigenvalue weighted by Gasteiger charge is -1.94. The zero-order valence-corrected chi connectivity index (χ0v) is 8.15. The SMILES string of the molecule is CCC(=O)C=C(C)c1cccs1. The highest BCUT2D eigenvalue weighted by Crippen LogP contribution is 2.19. The van der Waals surface area contributed by atoms with Gasteiger partial charge in [0.2, 0.25) is 0 Å². The lowest BCUT2D eigenvalue weighted by atomic mass is 10.2. The second kappa shape index (κ2) is 4.21. The molecule has 0 amide bonds. The van der Waals surface area contributed by atoms with E-state index in [9.17, 15) is 4.79 Å². The largest absolute Gasteiger partial charge is 0.295 e. The summed E-state index contributed by atoms with van der Waals surface area (Å²) in [5.74, 6) is 0.195. The van der Waals surface area contributed by atoms with Crippen molar-refractivity contribution < 1.29 is 4.79 Å². The standard InChI is InChI=1S/C10H12OS/c1-3-9(11)7-8(2)10-5-4-6-12-10/h4-7H,3H2,1-2H3. The van der Waals surface area contributed by atoms with E-state index < -0.39 is 0 Å². The van der Waals surface area contributed by atoms with E-state index in [4.69, 9.17) is 0 Å². The summed E-state index contributed by atoms with van der Waals surface area (Å²) in [5.41, 5.74) is 1.07. The normalized spacial score (nSPS) is 11.7. The third-order valence-electron chi connectivity index (χ3n) is 1.64. The Balaban J connectivity index is 2.77. The molecule has 1 rings (SSSR count). The maximum atomic E-state index is 11.0. The Bertz CT molecular complexity index is 283. The number of thiophene rings is 1. The van der Waals surface area contributed by atoms with Crippen LogP contribution in [0.3, 0.4) is 0 Å². The van der Waals surface area contributed by atoms with E-state index in [1.807, 2.05) is 31.4 Å². The Morgan fingerprint density at radius 3 is 2.92 bits per heavy atom. The van der Waals surface area contributed by atoms with Gasteiger partial charge in [-0.25, -0.2) is 0 Å². The van der Waals surface area contributed by atoms with E-state index in [0.717, 1.165) is 5.57 Å². The summed E-state index contributed by atoms with van der Waals surface area (Å²) >= 11 is 1.66. The van der Waals surface area contributed by atoms with Gasteiger partial charge in [-0.1, -0.05) is 13.0 Å². The second-order valence-electron chi connectivity index (χ2n) is 2.62. The molecule has 0 N–H and O–H groups in total. The van der Waals surface area contributed by atoms with Crippen molar-refractivity contribution >= 4 is 22.7 Å². The average Bonchev–Trinajstić information content (AvgIpc) is 2.56. The molecule has 12 heavy (non-hydrogen) atoms. The van der Waals surface area contributed by atoms with Gasteiger partial charge in [-0.05, 0) is 30.0 Å². The van der Waals surface area contributed by atoms with Crippen molar-refractivity contribution in [1.29, 1.82) is 0 Å². The van der Waals surface area contributed by atoms with Gasteiger partial charge in [0.25, 0.3) is 0 Å². The summed E-state index contributed by atoms with van der Waals surface area (Å²) in [4.78, 5) is 12.2. The topological polar surface area (TPSA) is 17.1 Å². The molecule has 0 atom stereocenters. The molecule has 1 nitrogen and oxygen atoms in total. The van der Waals surface area contributed by atoms with Crippen molar-refractivity contribution in [3.05, 3.63) is 28.5 Å². The van der Waals surface area contributed by atoms with Crippen LogP contribution in [0.15, 0.2) is 23.6 Å². The van der Waals surface area contributed by atoms with Gasteiger partial charge in [-0.3, -0.25) is 4.79 Å². The smallest absolute Gasteiger partial charge is 0.155 e. The molecule has 0 fully saturated rings. The molecule has 0 aliphatic rings. The highest BCUT2D eigenvalue weighted by Gasteiger charge is 1.98. The number of hydrogen-bond acceptors (Lipinski definition) is 2. The zero-order chi connectivity index (χ0) is 8.97. The average molecular weight is 180 g/mol. The van der Waals surface area contributed by atoms with E-state index in [2.05, 4.69) is 0 Å². The van der Waals surface area contributed by atoms with Crippen molar-refractivity contribution in [2.24, 2.45) is 0 Å². The Morgan fingerprint density at radius 1 is 1.67 bits per heavy atom. The summed E-state index contributed by atoms with van der Waals surface area (Å²) in [6, 6.07) is 4.02. The molecule has 0 saturated carbocycles. The monoisotopic (exact) mass is 180 g/mol. The minimum absolute atomic E-state index is 0.195. The van der Waals surface area contributed by atoms with Gasteiger partial charge in [0, 0.05) is 11.3 Å². The van der Waals surface area contributed by atoms with Crippen LogP contribution in [0.2, 0.25) is 0 Å². The quantitative estimate of drug-likeness (QED) is 0.653. The molecule has 0 saturated heterocycles. The molecule has 64 valence electrons. The molecule has 0 spiro atoms.